The number of furan rings is 1. The highest BCUT2D eigenvalue weighted by Crippen LogP contribution is 2.33. The highest BCUT2D eigenvalue weighted by Gasteiger charge is 2.22. The van der Waals surface area contributed by atoms with Crippen molar-refractivity contribution in [2.24, 2.45) is 0 Å². The van der Waals surface area contributed by atoms with Gasteiger partial charge < -0.3 is 23.4 Å². The maximum atomic E-state index is 12.3. The number of carbonyl (C=O) groups excluding carboxylic acids is 1. The highest BCUT2D eigenvalue weighted by molar-refractivity contribution is 5.86. The van der Waals surface area contributed by atoms with E-state index in [-0.39, 0.29) is 32.1 Å². The molecule has 0 radical (unpaired) electrons. The molecule has 1 aromatic heterocycles. The summed E-state index contributed by atoms with van der Waals surface area (Å²) in [5.41, 5.74) is 2.14. The van der Waals surface area contributed by atoms with E-state index in [1.54, 1.807) is 19.2 Å². The van der Waals surface area contributed by atoms with Crippen molar-refractivity contribution in [2.45, 2.75) is 19.6 Å². The predicted octanol–water partition coefficient (Wildman–Crippen LogP) is 3.50. The van der Waals surface area contributed by atoms with Gasteiger partial charge >= 0.3 is 5.97 Å². The first-order valence-electron chi connectivity index (χ1n) is 8.75. The van der Waals surface area contributed by atoms with Crippen molar-refractivity contribution in [2.75, 3.05) is 13.9 Å². The summed E-state index contributed by atoms with van der Waals surface area (Å²) in [5.74, 6) is 0.617. The van der Waals surface area contributed by atoms with Crippen LogP contribution in [0.25, 0.3) is 11.0 Å². The fourth-order valence-corrected chi connectivity index (χ4v) is 3.19. The molecule has 0 unspecified atom stereocenters. The molecular formula is C20H17NO8. The van der Waals surface area contributed by atoms with Crippen molar-refractivity contribution < 1.29 is 33.1 Å². The second kappa shape index (κ2) is 7.80. The SMILES string of the molecule is COc1ccc2c(CC(=O)OCc3cc([N+](=O)[O-])cc4c3OCOC4)coc2c1. The van der Waals surface area contributed by atoms with E-state index >= 15 is 0 Å². The minimum Gasteiger partial charge on any atom is -0.497 e. The number of fused-ring (bicyclic) bond motifs is 2. The molecule has 150 valence electrons. The predicted molar refractivity (Wildman–Crippen MR) is 99.6 cm³/mol. The normalized spacial score (nSPS) is 12.9. The first kappa shape index (κ1) is 18.8. The molecule has 0 saturated heterocycles. The molecule has 0 fully saturated rings. The maximum Gasteiger partial charge on any atom is 0.310 e. The van der Waals surface area contributed by atoms with Crippen LogP contribution in [0.4, 0.5) is 5.69 Å². The van der Waals surface area contributed by atoms with Crippen LogP contribution in [-0.2, 0) is 33.9 Å². The number of rotatable bonds is 6. The van der Waals surface area contributed by atoms with Crippen LogP contribution in [0.15, 0.2) is 41.0 Å². The molecule has 9 nitrogen and oxygen atoms in total. The van der Waals surface area contributed by atoms with Crippen molar-refractivity contribution in [3.63, 3.8) is 0 Å². The van der Waals surface area contributed by atoms with Crippen LogP contribution < -0.4 is 9.47 Å². The largest absolute Gasteiger partial charge is 0.497 e. The van der Waals surface area contributed by atoms with Gasteiger partial charge in [-0.05, 0) is 12.1 Å². The minimum absolute atomic E-state index is 0.000411. The number of methoxy groups -OCH3 is 1. The Morgan fingerprint density at radius 3 is 2.90 bits per heavy atom. The molecule has 29 heavy (non-hydrogen) atoms. The van der Waals surface area contributed by atoms with Gasteiger partial charge in [0.1, 0.15) is 23.7 Å². The zero-order chi connectivity index (χ0) is 20.4. The zero-order valence-corrected chi connectivity index (χ0v) is 15.5. The smallest absolute Gasteiger partial charge is 0.310 e. The van der Waals surface area contributed by atoms with Gasteiger partial charge in [-0.15, -0.1) is 0 Å². The van der Waals surface area contributed by atoms with Crippen molar-refractivity contribution >= 4 is 22.6 Å². The van der Waals surface area contributed by atoms with Gasteiger partial charge in [0.25, 0.3) is 5.69 Å². The Bertz CT molecular complexity index is 1090. The molecule has 0 spiro atoms. The molecule has 2 aromatic carbocycles. The van der Waals surface area contributed by atoms with Gasteiger partial charge in [0.05, 0.1) is 31.3 Å². The van der Waals surface area contributed by atoms with Crippen LogP contribution in [0.3, 0.4) is 0 Å². The van der Waals surface area contributed by atoms with Gasteiger partial charge in [-0.2, -0.15) is 0 Å². The summed E-state index contributed by atoms with van der Waals surface area (Å²) in [6, 6.07) is 8.06. The summed E-state index contributed by atoms with van der Waals surface area (Å²) in [6.07, 6.45) is 1.50. The van der Waals surface area contributed by atoms with Gasteiger partial charge in [0.15, 0.2) is 6.79 Å². The summed E-state index contributed by atoms with van der Waals surface area (Å²) < 4.78 is 26.6. The third kappa shape index (κ3) is 3.85. The first-order chi connectivity index (χ1) is 14.0. The summed E-state index contributed by atoms with van der Waals surface area (Å²) in [6.45, 7) is 0.0884. The standard InChI is InChI=1S/C20H17NO8/c1-25-16-2-3-17-12(9-27-18(17)7-16)6-19(22)28-10-14-5-15(21(23)24)4-13-8-26-11-29-20(13)14/h2-5,7,9H,6,8,10-11H2,1H3. The number of nitro groups is 1. The quantitative estimate of drug-likeness (QED) is 0.352. The Morgan fingerprint density at radius 2 is 2.10 bits per heavy atom. The molecular weight excluding hydrogens is 382 g/mol. The van der Waals surface area contributed by atoms with E-state index in [1.165, 1.54) is 18.4 Å². The van der Waals surface area contributed by atoms with Crippen LogP contribution >= 0.6 is 0 Å². The fourth-order valence-electron chi connectivity index (χ4n) is 3.19. The van der Waals surface area contributed by atoms with Crippen molar-refractivity contribution in [1.82, 2.24) is 0 Å². The lowest BCUT2D eigenvalue weighted by atomic mass is 10.1. The number of hydrogen-bond donors (Lipinski definition) is 0. The average Bonchev–Trinajstić information content (AvgIpc) is 3.13. The topological polar surface area (TPSA) is 110 Å². The molecule has 0 bridgehead atoms. The molecule has 0 aliphatic carbocycles. The zero-order valence-electron chi connectivity index (χ0n) is 15.5. The number of esters is 1. The number of carbonyl (C=O) groups is 1. The Balaban J connectivity index is 1.49. The maximum absolute atomic E-state index is 12.3. The summed E-state index contributed by atoms with van der Waals surface area (Å²) in [7, 11) is 1.56. The number of nitrogens with zero attached hydrogens (tertiary/aromatic N) is 1. The fraction of sp³-hybridized carbons (Fsp3) is 0.250. The van der Waals surface area contributed by atoms with Crippen LogP contribution in [-0.4, -0.2) is 24.8 Å². The van der Waals surface area contributed by atoms with E-state index in [2.05, 4.69) is 0 Å². The Morgan fingerprint density at radius 1 is 1.24 bits per heavy atom. The van der Waals surface area contributed by atoms with E-state index in [4.69, 9.17) is 23.4 Å². The Labute approximate surface area is 164 Å². The van der Waals surface area contributed by atoms with Crippen LogP contribution in [0.5, 0.6) is 11.5 Å². The second-order valence-electron chi connectivity index (χ2n) is 6.42. The number of non-ortho nitro benzene ring substituents is 1. The Kier molecular flexibility index (Phi) is 5.05. The van der Waals surface area contributed by atoms with E-state index in [9.17, 15) is 14.9 Å². The molecule has 1 aliphatic heterocycles. The summed E-state index contributed by atoms with van der Waals surface area (Å²) in [4.78, 5) is 23.0. The van der Waals surface area contributed by atoms with E-state index in [0.29, 0.717) is 33.8 Å². The lowest BCUT2D eigenvalue weighted by molar-refractivity contribution is -0.385. The second-order valence-corrected chi connectivity index (χ2v) is 6.42. The summed E-state index contributed by atoms with van der Waals surface area (Å²) in [5, 5.41) is 11.9. The van der Waals surface area contributed by atoms with Gasteiger partial charge in [0, 0.05) is 40.3 Å². The highest BCUT2D eigenvalue weighted by atomic mass is 16.7. The number of ether oxygens (including phenoxy) is 4. The minimum atomic E-state index is -0.508. The van der Waals surface area contributed by atoms with Gasteiger partial charge in [-0.1, -0.05) is 0 Å². The number of benzene rings is 2. The third-order valence-corrected chi connectivity index (χ3v) is 4.57. The van der Waals surface area contributed by atoms with Crippen molar-refractivity contribution in [3.05, 3.63) is 63.4 Å². The molecule has 1 aliphatic rings. The Hall–Kier alpha value is -3.59. The van der Waals surface area contributed by atoms with E-state index in [1.807, 2.05) is 6.07 Å². The molecule has 0 saturated carbocycles. The number of hydrogen-bond acceptors (Lipinski definition) is 8. The third-order valence-electron chi connectivity index (χ3n) is 4.57. The lowest BCUT2D eigenvalue weighted by Crippen LogP contribution is -2.15. The molecule has 0 amide bonds. The van der Waals surface area contributed by atoms with Crippen molar-refractivity contribution in [1.29, 1.82) is 0 Å². The average molecular weight is 399 g/mol. The summed E-state index contributed by atoms with van der Waals surface area (Å²) >= 11 is 0. The van der Waals surface area contributed by atoms with Gasteiger partial charge in [-0.3, -0.25) is 14.9 Å². The molecule has 3 aromatic rings. The van der Waals surface area contributed by atoms with Crippen molar-refractivity contribution in [3.8, 4) is 11.5 Å². The van der Waals surface area contributed by atoms with E-state index < -0.39 is 10.9 Å². The molecule has 0 atom stereocenters. The molecule has 2 heterocycles. The molecule has 4 rings (SSSR count). The van der Waals surface area contributed by atoms with Gasteiger partial charge in [0.2, 0.25) is 0 Å². The van der Waals surface area contributed by atoms with Crippen LogP contribution in [0, 0.1) is 10.1 Å². The van der Waals surface area contributed by atoms with Gasteiger partial charge in [-0.25, -0.2) is 0 Å². The lowest BCUT2D eigenvalue weighted by Gasteiger charge is -2.20. The van der Waals surface area contributed by atoms with Crippen LogP contribution in [0.2, 0.25) is 0 Å². The first-order valence-corrected chi connectivity index (χ1v) is 8.75. The molecule has 0 N–H and O–H groups in total. The van der Waals surface area contributed by atoms with Crippen LogP contribution in [0.1, 0.15) is 16.7 Å². The monoisotopic (exact) mass is 399 g/mol. The van der Waals surface area contributed by atoms with E-state index in [0.717, 1.165) is 5.39 Å². The molecule has 9 heteroatoms. The number of nitro benzene ring substituents is 1.